The number of benzene rings is 2. The van der Waals surface area contributed by atoms with E-state index in [0.29, 0.717) is 17.7 Å². The zero-order chi connectivity index (χ0) is 19.9. The van der Waals surface area contributed by atoms with Gasteiger partial charge in [-0.3, -0.25) is 4.79 Å². The van der Waals surface area contributed by atoms with Gasteiger partial charge >= 0.3 is 0 Å². The second kappa shape index (κ2) is 9.41. The average Bonchev–Trinajstić information content (AvgIpc) is 3.21. The fourth-order valence-corrected chi connectivity index (χ4v) is 3.30. The Morgan fingerprint density at radius 1 is 1.07 bits per heavy atom. The average molecular weight is 398 g/mol. The van der Waals surface area contributed by atoms with Gasteiger partial charge in [-0.1, -0.05) is 43.0 Å². The van der Waals surface area contributed by atoms with Gasteiger partial charge in [0, 0.05) is 19.2 Å². The fraction of sp³-hybridized carbons (Fsp3) is 0.286. The predicted octanol–water partition coefficient (Wildman–Crippen LogP) is 4.06. The van der Waals surface area contributed by atoms with Gasteiger partial charge in [0.25, 0.3) is 5.22 Å². The van der Waals surface area contributed by atoms with E-state index in [9.17, 15) is 4.79 Å². The van der Waals surface area contributed by atoms with Gasteiger partial charge in [0.1, 0.15) is 5.75 Å². The summed E-state index contributed by atoms with van der Waals surface area (Å²) >= 11 is 1.24. The van der Waals surface area contributed by atoms with Crippen LogP contribution in [-0.2, 0) is 17.8 Å². The fourth-order valence-electron chi connectivity index (χ4n) is 2.59. The van der Waals surface area contributed by atoms with E-state index >= 15 is 0 Å². The molecular formula is C21H23N3O3S. The highest BCUT2D eigenvalue weighted by Crippen LogP contribution is 2.25. The molecule has 0 aliphatic heterocycles. The molecule has 0 aliphatic carbocycles. The maximum absolute atomic E-state index is 12.4. The molecule has 0 unspecified atom stereocenters. The van der Waals surface area contributed by atoms with E-state index in [1.54, 1.807) is 19.1 Å². The summed E-state index contributed by atoms with van der Waals surface area (Å²) in [6.07, 6.45) is 1.01. The molecule has 0 fully saturated rings. The maximum atomic E-state index is 12.4. The van der Waals surface area contributed by atoms with Gasteiger partial charge in [-0.05, 0) is 41.8 Å². The third-order valence-electron chi connectivity index (χ3n) is 4.34. The molecule has 1 heterocycles. The SMILES string of the molecule is CCc1ccc(CN(C)C(=O)CSc2nnc(-c3ccc(OC)cc3)o2)cc1. The van der Waals surface area contributed by atoms with Gasteiger partial charge in [-0.15, -0.1) is 10.2 Å². The molecule has 2 aromatic carbocycles. The largest absolute Gasteiger partial charge is 0.497 e. The van der Waals surface area contributed by atoms with Crippen molar-refractivity contribution in [2.45, 2.75) is 25.1 Å². The van der Waals surface area contributed by atoms with Crippen LogP contribution in [0.25, 0.3) is 11.5 Å². The molecule has 0 atom stereocenters. The van der Waals surface area contributed by atoms with E-state index in [2.05, 4.69) is 41.4 Å². The Balaban J connectivity index is 1.52. The smallest absolute Gasteiger partial charge is 0.277 e. The van der Waals surface area contributed by atoms with Crippen LogP contribution in [0.15, 0.2) is 58.2 Å². The highest BCUT2D eigenvalue weighted by Gasteiger charge is 2.14. The Bertz CT molecular complexity index is 907. The predicted molar refractivity (Wildman–Crippen MR) is 109 cm³/mol. The topological polar surface area (TPSA) is 68.5 Å². The number of hydrogen-bond acceptors (Lipinski definition) is 6. The second-order valence-electron chi connectivity index (χ2n) is 6.31. The number of hydrogen-bond donors (Lipinski definition) is 0. The van der Waals surface area contributed by atoms with Crippen LogP contribution in [0.4, 0.5) is 0 Å². The molecule has 0 N–H and O–H groups in total. The van der Waals surface area contributed by atoms with Crippen molar-refractivity contribution in [3.63, 3.8) is 0 Å². The van der Waals surface area contributed by atoms with Gasteiger partial charge in [0.15, 0.2) is 0 Å². The van der Waals surface area contributed by atoms with Crippen LogP contribution >= 0.6 is 11.8 Å². The van der Waals surface area contributed by atoms with E-state index in [4.69, 9.17) is 9.15 Å². The Morgan fingerprint density at radius 3 is 2.39 bits per heavy atom. The third-order valence-corrected chi connectivity index (χ3v) is 5.14. The van der Waals surface area contributed by atoms with Gasteiger partial charge in [0.2, 0.25) is 11.8 Å². The van der Waals surface area contributed by atoms with E-state index in [1.807, 2.05) is 24.3 Å². The first-order chi connectivity index (χ1) is 13.6. The van der Waals surface area contributed by atoms with Crippen LogP contribution in [0.5, 0.6) is 5.75 Å². The van der Waals surface area contributed by atoms with Crippen molar-refractivity contribution in [3.05, 3.63) is 59.7 Å². The molecule has 6 nitrogen and oxygen atoms in total. The summed E-state index contributed by atoms with van der Waals surface area (Å²) in [5.41, 5.74) is 3.20. The van der Waals surface area contributed by atoms with Crippen molar-refractivity contribution in [2.75, 3.05) is 19.9 Å². The molecule has 1 amide bonds. The highest BCUT2D eigenvalue weighted by molar-refractivity contribution is 7.99. The van der Waals surface area contributed by atoms with Gasteiger partial charge in [0.05, 0.1) is 12.9 Å². The number of nitrogens with zero attached hydrogens (tertiary/aromatic N) is 3. The van der Waals surface area contributed by atoms with Crippen LogP contribution < -0.4 is 4.74 Å². The van der Waals surface area contributed by atoms with E-state index in [0.717, 1.165) is 23.3 Å². The second-order valence-corrected chi connectivity index (χ2v) is 7.24. The summed E-state index contributed by atoms with van der Waals surface area (Å²) in [4.78, 5) is 14.1. The lowest BCUT2D eigenvalue weighted by Crippen LogP contribution is -2.27. The minimum absolute atomic E-state index is 0.00812. The molecule has 0 saturated heterocycles. The third kappa shape index (κ3) is 5.13. The molecular weight excluding hydrogens is 374 g/mol. The molecule has 7 heteroatoms. The molecule has 1 aromatic heterocycles. The van der Waals surface area contributed by atoms with Crippen LogP contribution in [0.3, 0.4) is 0 Å². The van der Waals surface area contributed by atoms with Crippen LogP contribution in [0.2, 0.25) is 0 Å². The summed E-state index contributed by atoms with van der Waals surface area (Å²) in [5, 5.41) is 8.43. The first-order valence-electron chi connectivity index (χ1n) is 9.01. The molecule has 0 saturated carbocycles. The number of thioether (sulfide) groups is 1. The minimum atomic E-state index is 0.00812. The Hall–Kier alpha value is -2.80. The molecule has 0 radical (unpaired) electrons. The molecule has 0 aliphatic rings. The number of methoxy groups -OCH3 is 1. The molecule has 0 spiro atoms. The zero-order valence-electron chi connectivity index (χ0n) is 16.2. The van der Waals surface area contributed by atoms with Crippen molar-refractivity contribution < 1.29 is 13.9 Å². The monoisotopic (exact) mass is 397 g/mol. The summed E-state index contributed by atoms with van der Waals surface area (Å²) in [6, 6.07) is 15.7. The number of carbonyl (C=O) groups is 1. The first-order valence-corrected chi connectivity index (χ1v) is 10.00. The standard InChI is InChI=1S/C21H23N3O3S/c1-4-15-5-7-16(8-6-15)13-24(2)19(25)14-28-21-23-22-20(27-21)17-9-11-18(26-3)12-10-17/h5-12H,4,13-14H2,1-3H3. The summed E-state index contributed by atoms with van der Waals surface area (Å²) in [6.45, 7) is 2.70. The van der Waals surface area contributed by atoms with E-state index in [-0.39, 0.29) is 11.7 Å². The Kier molecular flexibility index (Phi) is 6.71. The van der Waals surface area contributed by atoms with Crippen LogP contribution in [-0.4, -0.2) is 40.9 Å². The van der Waals surface area contributed by atoms with Crippen molar-refractivity contribution in [2.24, 2.45) is 0 Å². The lowest BCUT2D eigenvalue weighted by molar-refractivity contribution is -0.127. The highest BCUT2D eigenvalue weighted by atomic mass is 32.2. The van der Waals surface area contributed by atoms with Crippen molar-refractivity contribution in [3.8, 4) is 17.2 Å². The van der Waals surface area contributed by atoms with Crippen molar-refractivity contribution in [1.29, 1.82) is 0 Å². The number of rotatable bonds is 8. The molecule has 3 aromatic rings. The normalized spacial score (nSPS) is 10.7. The van der Waals surface area contributed by atoms with E-state index in [1.165, 1.54) is 17.3 Å². The summed E-state index contributed by atoms with van der Waals surface area (Å²) in [5.74, 6) is 1.43. The Labute approximate surface area is 168 Å². The molecule has 3 rings (SSSR count). The first kappa shape index (κ1) is 19.9. The number of aromatic nitrogens is 2. The summed E-state index contributed by atoms with van der Waals surface area (Å²) in [7, 11) is 3.41. The van der Waals surface area contributed by atoms with Gasteiger partial charge < -0.3 is 14.1 Å². The van der Waals surface area contributed by atoms with Gasteiger partial charge in [-0.25, -0.2) is 0 Å². The van der Waals surface area contributed by atoms with Crippen LogP contribution in [0, 0.1) is 0 Å². The zero-order valence-corrected chi connectivity index (χ0v) is 17.0. The molecule has 28 heavy (non-hydrogen) atoms. The minimum Gasteiger partial charge on any atom is -0.497 e. The number of aryl methyl sites for hydroxylation is 1. The summed E-state index contributed by atoms with van der Waals surface area (Å²) < 4.78 is 10.8. The van der Waals surface area contributed by atoms with Crippen molar-refractivity contribution >= 4 is 17.7 Å². The van der Waals surface area contributed by atoms with E-state index < -0.39 is 0 Å². The van der Waals surface area contributed by atoms with Crippen molar-refractivity contribution in [1.82, 2.24) is 15.1 Å². The lowest BCUT2D eigenvalue weighted by atomic mass is 10.1. The Morgan fingerprint density at radius 2 is 1.75 bits per heavy atom. The molecule has 0 bridgehead atoms. The molecule has 146 valence electrons. The van der Waals surface area contributed by atoms with Crippen LogP contribution in [0.1, 0.15) is 18.1 Å². The maximum Gasteiger partial charge on any atom is 0.277 e. The lowest BCUT2D eigenvalue weighted by Gasteiger charge is -2.16. The quantitative estimate of drug-likeness (QED) is 0.534. The van der Waals surface area contributed by atoms with Gasteiger partial charge in [-0.2, -0.15) is 0 Å². The number of ether oxygens (including phenoxy) is 1. The number of carbonyl (C=O) groups excluding carboxylic acids is 1. The number of amides is 1.